The van der Waals surface area contributed by atoms with Gasteiger partial charge in [0.15, 0.2) is 0 Å². The van der Waals surface area contributed by atoms with Crippen LogP contribution in [0.3, 0.4) is 0 Å². The van der Waals surface area contributed by atoms with E-state index < -0.39 is 5.97 Å². The Balaban J connectivity index is 1.87. The highest BCUT2D eigenvalue weighted by Gasteiger charge is 2.22. The predicted molar refractivity (Wildman–Crippen MR) is 116 cm³/mol. The highest BCUT2D eigenvalue weighted by atomic mass is 35.5. The Hall–Kier alpha value is -3.44. The quantitative estimate of drug-likeness (QED) is 0.323. The summed E-state index contributed by atoms with van der Waals surface area (Å²) in [6, 6.07) is 17.9. The molecule has 30 heavy (non-hydrogen) atoms. The van der Waals surface area contributed by atoms with Crippen molar-refractivity contribution in [2.24, 2.45) is 0 Å². The summed E-state index contributed by atoms with van der Waals surface area (Å²) >= 11 is 5.98. The van der Waals surface area contributed by atoms with Gasteiger partial charge in [0.1, 0.15) is 6.33 Å². The van der Waals surface area contributed by atoms with Gasteiger partial charge in [-0.05, 0) is 38.1 Å². The number of esters is 1. The van der Waals surface area contributed by atoms with Crippen LogP contribution in [-0.4, -0.2) is 27.7 Å². The second-order valence-corrected chi connectivity index (χ2v) is 7.33. The number of aromatic nitrogens is 2. The van der Waals surface area contributed by atoms with E-state index in [2.05, 4.69) is 4.98 Å². The van der Waals surface area contributed by atoms with Gasteiger partial charge in [-0.15, -0.1) is 0 Å². The highest BCUT2D eigenvalue weighted by Crippen LogP contribution is 2.26. The summed E-state index contributed by atoms with van der Waals surface area (Å²) in [6.45, 7) is 3.95. The zero-order valence-electron chi connectivity index (χ0n) is 16.6. The number of halogens is 1. The number of carbonyl (C=O) groups is 2. The average Bonchev–Trinajstić information content (AvgIpc) is 3.13. The Morgan fingerprint density at radius 2 is 1.73 bits per heavy atom. The molecule has 4 aromatic rings. The van der Waals surface area contributed by atoms with Crippen molar-refractivity contribution in [2.45, 2.75) is 13.8 Å². The second kappa shape index (κ2) is 8.13. The van der Waals surface area contributed by atoms with Gasteiger partial charge < -0.3 is 4.74 Å². The van der Waals surface area contributed by atoms with Gasteiger partial charge in [-0.2, -0.15) is 0 Å². The Morgan fingerprint density at radius 3 is 2.40 bits per heavy atom. The van der Waals surface area contributed by atoms with E-state index in [9.17, 15) is 9.59 Å². The van der Waals surface area contributed by atoms with Crippen molar-refractivity contribution < 1.29 is 14.3 Å². The molecule has 150 valence electrons. The van der Waals surface area contributed by atoms with E-state index in [1.165, 1.54) is 0 Å². The summed E-state index contributed by atoms with van der Waals surface area (Å²) in [5.74, 6) is -0.673. The van der Waals surface area contributed by atoms with Crippen molar-refractivity contribution in [1.82, 2.24) is 9.38 Å². The molecule has 0 N–H and O–H groups in total. The van der Waals surface area contributed by atoms with Crippen molar-refractivity contribution in [3.05, 3.63) is 94.4 Å². The summed E-state index contributed by atoms with van der Waals surface area (Å²) in [7, 11) is 0. The lowest BCUT2D eigenvalue weighted by Crippen LogP contribution is -2.05. The molecule has 0 bridgehead atoms. The van der Waals surface area contributed by atoms with E-state index in [-0.39, 0.29) is 12.4 Å². The molecule has 0 aliphatic heterocycles. The number of rotatable bonds is 5. The summed E-state index contributed by atoms with van der Waals surface area (Å²) in [5.41, 5.74) is 4.35. The lowest BCUT2D eigenvalue weighted by atomic mass is 10.1. The Kier molecular flexibility index (Phi) is 5.38. The standard InChI is InChI=1S/C24H19ClN2O3/c1-3-30-24(29)19-12-22(23(28)17-6-4-15(2)5-7-17)27-14-26-20(13-21(19)27)16-8-10-18(25)11-9-16/h4-14H,3H2,1-2H3. The van der Waals surface area contributed by atoms with Crippen LogP contribution in [0.25, 0.3) is 16.8 Å². The minimum absolute atomic E-state index is 0.193. The molecule has 0 aliphatic carbocycles. The molecular formula is C24H19ClN2O3. The monoisotopic (exact) mass is 418 g/mol. The third-order valence-corrected chi connectivity index (χ3v) is 5.10. The minimum atomic E-state index is -0.480. The molecule has 0 atom stereocenters. The fourth-order valence-electron chi connectivity index (χ4n) is 3.28. The highest BCUT2D eigenvalue weighted by molar-refractivity contribution is 6.30. The molecule has 4 rings (SSSR count). The van der Waals surface area contributed by atoms with Crippen molar-refractivity contribution in [1.29, 1.82) is 0 Å². The predicted octanol–water partition coefficient (Wildman–Crippen LogP) is 5.37. The fraction of sp³-hybridized carbons (Fsp3) is 0.125. The molecule has 0 unspecified atom stereocenters. The van der Waals surface area contributed by atoms with Crippen LogP contribution in [0, 0.1) is 6.92 Å². The number of nitrogens with zero attached hydrogens (tertiary/aromatic N) is 2. The minimum Gasteiger partial charge on any atom is -0.462 e. The van der Waals surface area contributed by atoms with Gasteiger partial charge in [0.25, 0.3) is 0 Å². The van der Waals surface area contributed by atoms with Gasteiger partial charge in [-0.25, -0.2) is 9.78 Å². The van der Waals surface area contributed by atoms with E-state index in [0.29, 0.717) is 33.1 Å². The van der Waals surface area contributed by atoms with E-state index in [1.54, 1.807) is 54.0 Å². The summed E-state index contributed by atoms with van der Waals surface area (Å²) in [4.78, 5) is 30.2. The molecule has 2 aromatic heterocycles. The molecule has 0 amide bonds. The molecule has 0 spiro atoms. The van der Waals surface area contributed by atoms with Crippen LogP contribution < -0.4 is 0 Å². The lowest BCUT2D eigenvalue weighted by molar-refractivity contribution is 0.0529. The maximum Gasteiger partial charge on any atom is 0.340 e. The van der Waals surface area contributed by atoms with Crippen LogP contribution >= 0.6 is 11.6 Å². The van der Waals surface area contributed by atoms with Gasteiger partial charge in [0.05, 0.1) is 29.1 Å². The zero-order valence-corrected chi connectivity index (χ0v) is 17.3. The first kappa shape index (κ1) is 19.9. The maximum atomic E-state index is 13.1. The largest absolute Gasteiger partial charge is 0.462 e. The number of fused-ring (bicyclic) bond motifs is 1. The number of carbonyl (C=O) groups excluding carboxylic acids is 2. The van der Waals surface area contributed by atoms with E-state index >= 15 is 0 Å². The smallest absolute Gasteiger partial charge is 0.340 e. The van der Waals surface area contributed by atoms with Crippen LogP contribution in [-0.2, 0) is 4.74 Å². The third kappa shape index (κ3) is 3.72. The molecular weight excluding hydrogens is 400 g/mol. The van der Waals surface area contributed by atoms with Gasteiger partial charge in [-0.3, -0.25) is 9.20 Å². The van der Waals surface area contributed by atoms with E-state index in [1.807, 2.05) is 31.2 Å². The first-order valence-corrected chi connectivity index (χ1v) is 9.91. The first-order chi connectivity index (χ1) is 14.5. The Labute approximate surface area is 178 Å². The summed E-state index contributed by atoms with van der Waals surface area (Å²) in [6.07, 6.45) is 1.56. The van der Waals surface area contributed by atoms with Crippen molar-refractivity contribution >= 4 is 28.9 Å². The van der Waals surface area contributed by atoms with Crippen LogP contribution in [0.1, 0.15) is 38.9 Å². The van der Waals surface area contributed by atoms with Crippen LogP contribution in [0.2, 0.25) is 5.02 Å². The number of benzene rings is 2. The topological polar surface area (TPSA) is 60.7 Å². The molecule has 6 heteroatoms. The molecule has 2 aromatic carbocycles. The molecule has 0 saturated heterocycles. The van der Waals surface area contributed by atoms with Crippen molar-refractivity contribution in [3.63, 3.8) is 0 Å². The molecule has 5 nitrogen and oxygen atoms in total. The molecule has 0 aliphatic rings. The van der Waals surface area contributed by atoms with Gasteiger partial charge in [-0.1, -0.05) is 53.6 Å². The maximum absolute atomic E-state index is 13.1. The number of ether oxygens (including phenoxy) is 1. The Morgan fingerprint density at radius 1 is 1.03 bits per heavy atom. The van der Waals surface area contributed by atoms with Gasteiger partial charge >= 0.3 is 5.97 Å². The van der Waals surface area contributed by atoms with Crippen LogP contribution in [0.15, 0.2) is 67.0 Å². The van der Waals surface area contributed by atoms with Crippen molar-refractivity contribution in [2.75, 3.05) is 6.61 Å². The van der Waals surface area contributed by atoms with Crippen molar-refractivity contribution in [3.8, 4) is 11.3 Å². The van der Waals surface area contributed by atoms with E-state index in [0.717, 1.165) is 11.1 Å². The first-order valence-electron chi connectivity index (χ1n) is 9.53. The van der Waals surface area contributed by atoms with Gasteiger partial charge in [0, 0.05) is 16.1 Å². The number of ketones is 1. The molecule has 0 radical (unpaired) electrons. The summed E-state index contributed by atoms with van der Waals surface area (Å²) < 4.78 is 6.84. The van der Waals surface area contributed by atoms with Crippen LogP contribution in [0.5, 0.6) is 0 Å². The Bertz CT molecular complexity index is 1240. The lowest BCUT2D eigenvalue weighted by Gasteiger charge is -2.06. The van der Waals surface area contributed by atoms with Gasteiger partial charge in [0.2, 0.25) is 5.78 Å². The number of hydrogen-bond donors (Lipinski definition) is 0. The molecule has 0 saturated carbocycles. The average molecular weight is 419 g/mol. The molecule has 0 fully saturated rings. The third-order valence-electron chi connectivity index (χ3n) is 4.84. The zero-order chi connectivity index (χ0) is 21.3. The number of aryl methyl sites for hydroxylation is 1. The normalized spacial score (nSPS) is 10.9. The number of hydrogen-bond acceptors (Lipinski definition) is 4. The van der Waals surface area contributed by atoms with Crippen LogP contribution in [0.4, 0.5) is 0 Å². The fourth-order valence-corrected chi connectivity index (χ4v) is 3.40. The SMILES string of the molecule is CCOC(=O)c1cc(C(=O)c2ccc(C)cc2)n2cnc(-c3ccc(Cl)cc3)cc12. The second-order valence-electron chi connectivity index (χ2n) is 6.90. The van der Waals surface area contributed by atoms with E-state index in [4.69, 9.17) is 16.3 Å². The molecule has 2 heterocycles. The summed E-state index contributed by atoms with van der Waals surface area (Å²) in [5, 5.41) is 0.626.